The number of hydroxylamine groups is 1. The summed E-state index contributed by atoms with van der Waals surface area (Å²) in [4.78, 5) is 0. The molecular weight excluding hydrogens is 94.0 g/mol. The molecule has 0 radical (unpaired) electrons. The molecule has 0 aromatic rings. The standard InChI is InChI=1S/C4H9NO2/c6-5-4-1-2-7-3-4/h4-6H,1-3H2/t4-/m0/s1. The molecule has 0 saturated carbocycles. The van der Waals surface area contributed by atoms with Crippen LogP contribution in [0.1, 0.15) is 6.42 Å². The topological polar surface area (TPSA) is 41.5 Å². The predicted octanol–water partition coefficient (Wildman–Crippen LogP) is -0.246. The lowest BCUT2D eigenvalue weighted by Gasteiger charge is -1.99. The lowest BCUT2D eigenvalue weighted by molar-refractivity contribution is 0.110. The van der Waals surface area contributed by atoms with Gasteiger partial charge in [-0.15, -0.1) is 0 Å². The van der Waals surface area contributed by atoms with Crippen molar-refractivity contribution in [1.29, 1.82) is 0 Å². The van der Waals surface area contributed by atoms with Crippen LogP contribution in [0.25, 0.3) is 0 Å². The van der Waals surface area contributed by atoms with Crippen LogP contribution in [0.5, 0.6) is 0 Å². The maximum Gasteiger partial charge on any atom is 0.0643 e. The van der Waals surface area contributed by atoms with Crippen molar-refractivity contribution < 1.29 is 9.94 Å². The van der Waals surface area contributed by atoms with Crippen LogP contribution in [-0.2, 0) is 4.74 Å². The molecule has 0 aromatic carbocycles. The Morgan fingerprint density at radius 3 is 2.86 bits per heavy atom. The quantitative estimate of drug-likeness (QED) is 0.450. The van der Waals surface area contributed by atoms with E-state index in [-0.39, 0.29) is 6.04 Å². The summed E-state index contributed by atoms with van der Waals surface area (Å²) in [7, 11) is 0. The monoisotopic (exact) mass is 103 g/mol. The zero-order chi connectivity index (χ0) is 5.11. The van der Waals surface area contributed by atoms with Gasteiger partial charge in [-0.1, -0.05) is 0 Å². The van der Waals surface area contributed by atoms with Crippen molar-refractivity contribution in [2.45, 2.75) is 12.5 Å². The van der Waals surface area contributed by atoms with E-state index < -0.39 is 0 Å². The van der Waals surface area contributed by atoms with Crippen molar-refractivity contribution >= 4 is 0 Å². The van der Waals surface area contributed by atoms with Gasteiger partial charge in [-0.05, 0) is 6.42 Å². The SMILES string of the molecule is ON[C@H]1CCOC1. The zero-order valence-corrected chi connectivity index (χ0v) is 4.05. The average molecular weight is 103 g/mol. The summed E-state index contributed by atoms with van der Waals surface area (Å²) in [5.74, 6) is 0. The summed E-state index contributed by atoms with van der Waals surface area (Å²) in [6.45, 7) is 1.43. The molecule has 1 aliphatic rings. The molecule has 0 aliphatic carbocycles. The third-order valence-corrected chi connectivity index (χ3v) is 1.11. The maximum absolute atomic E-state index is 8.24. The smallest absolute Gasteiger partial charge is 0.0643 e. The van der Waals surface area contributed by atoms with Crippen molar-refractivity contribution in [3.8, 4) is 0 Å². The minimum absolute atomic E-state index is 0.181. The summed E-state index contributed by atoms with van der Waals surface area (Å²) in [6, 6.07) is 0.181. The second kappa shape index (κ2) is 2.26. The Balaban J connectivity index is 2.14. The highest BCUT2D eigenvalue weighted by molar-refractivity contribution is 4.65. The van der Waals surface area contributed by atoms with Crippen molar-refractivity contribution in [1.82, 2.24) is 5.48 Å². The molecule has 1 aliphatic heterocycles. The van der Waals surface area contributed by atoms with Crippen molar-refractivity contribution in [2.24, 2.45) is 0 Å². The highest BCUT2D eigenvalue weighted by Crippen LogP contribution is 2.00. The fourth-order valence-corrected chi connectivity index (χ4v) is 0.636. The van der Waals surface area contributed by atoms with E-state index in [9.17, 15) is 0 Å². The Morgan fingerprint density at radius 1 is 1.71 bits per heavy atom. The van der Waals surface area contributed by atoms with Gasteiger partial charge in [0.2, 0.25) is 0 Å². The van der Waals surface area contributed by atoms with E-state index in [4.69, 9.17) is 9.94 Å². The molecule has 1 heterocycles. The molecule has 0 amide bonds. The van der Waals surface area contributed by atoms with Gasteiger partial charge in [-0.3, -0.25) is 0 Å². The van der Waals surface area contributed by atoms with Gasteiger partial charge in [0.05, 0.1) is 12.6 Å². The van der Waals surface area contributed by atoms with Crippen LogP contribution in [-0.4, -0.2) is 24.5 Å². The number of nitrogens with one attached hydrogen (secondary N) is 1. The third-order valence-electron chi connectivity index (χ3n) is 1.11. The van der Waals surface area contributed by atoms with Gasteiger partial charge in [0.1, 0.15) is 0 Å². The largest absolute Gasteiger partial charge is 0.380 e. The second-order valence-electron chi connectivity index (χ2n) is 1.69. The van der Waals surface area contributed by atoms with E-state index in [0.717, 1.165) is 13.0 Å². The fraction of sp³-hybridized carbons (Fsp3) is 1.00. The highest BCUT2D eigenvalue weighted by atomic mass is 16.5. The van der Waals surface area contributed by atoms with Gasteiger partial charge >= 0.3 is 0 Å². The van der Waals surface area contributed by atoms with Gasteiger partial charge in [-0.2, -0.15) is 0 Å². The average Bonchev–Trinajstić information content (AvgIpc) is 2.14. The minimum atomic E-state index is 0.181. The molecule has 0 bridgehead atoms. The summed E-state index contributed by atoms with van der Waals surface area (Å²) in [5, 5.41) is 8.24. The first-order chi connectivity index (χ1) is 3.43. The Bertz CT molecular complexity index is 51.7. The molecule has 0 aromatic heterocycles. The van der Waals surface area contributed by atoms with Crippen molar-refractivity contribution in [3.63, 3.8) is 0 Å². The maximum atomic E-state index is 8.24. The van der Waals surface area contributed by atoms with Crippen LogP contribution in [0, 0.1) is 0 Å². The first-order valence-electron chi connectivity index (χ1n) is 2.41. The van der Waals surface area contributed by atoms with E-state index in [0.29, 0.717) is 6.61 Å². The summed E-state index contributed by atoms with van der Waals surface area (Å²) in [6.07, 6.45) is 0.927. The normalized spacial score (nSPS) is 31.3. The summed E-state index contributed by atoms with van der Waals surface area (Å²) < 4.78 is 4.93. The van der Waals surface area contributed by atoms with Crippen LogP contribution in [0.3, 0.4) is 0 Å². The number of hydrogen-bond donors (Lipinski definition) is 2. The molecule has 1 saturated heterocycles. The Hall–Kier alpha value is -0.120. The second-order valence-corrected chi connectivity index (χ2v) is 1.69. The van der Waals surface area contributed by atoms with Crippen molar-refractivity contribution in [2.75, 3.05) is 13.2 Å². The highest BCUT2D eigenvalue weighted by Gasteiger charge is 2.12. The minimum Gasteiger partial charge on any atom is -0.380 e. The zero-order valence-electron chi connectivity index (χ0n) is 4.05. The number of hydrogen-bond acceptors (Lipinski definition) is 3. The molecule has 7 heavy (non-hydrogen) atoms. The molecule has 3 nitrogen and oxygen atoms in total. The molecule has 1 rings (SSSR count). The number of rotatable bonds is 1. The Labute approximate surface area is 42.2 Å². The summed E-state index contributed by atoms with van der Waals surface area (Å²) >= 11 is 0. The first kappa shape index (κ1) is 5.03. The lowest BCUT2D eigenvalue weighted by atomic mass is 10.3. The first-order valence-corrected chi connectivity index (χ1v) is 2.41. The molecule has 2 N–H and O–H groups in total. The number of ether oxygens (including phenoxy) is 1. The van der Waals surface area contributed by atoms with E-state index >= 15 is 0 Å². The van der Waals surface area contributed by atoms with Gasteiger partial charge in [-0.25, -0.2) is 5.48 Å². The van der Waals surface area contributed by atoms with E-state index in [1.807, 2.05) is 0 Å². The molecule has 3 heteroatoms. The van der Waals surface area contributed by atoms with Crippen LogP contribution < -0.4 is 5.48 Å². The Morgan fingerprint density at radius 2 is 2.57 bits per heavy atom. The van der Waals surface area contributed by atoms with Gasteiger partial charge in [0, 0.05) is 6.61 Å². The third kappa shape index (κ3) is 1.12. The lowest BCUT2D eigenvalue weighted by Crippen LogP contribution is -2.25. The molecule has 1 fully saturated rings. The fourth-order valence-electron chi connectivity index (χ4n) is 0.636. The van der Waals surface area contributed by atoms with E-state index in [2.05, 4.69) is 5.48 Å². The molecule has 42 valence electrons. The van der Waals surface area contributed by atoms with Crippen LogP contribution in [0.2, 0.25) is 0 Å². The van der Waals surface area contributed by atoms with Gasteiger partial charge in [0.25, 0.3) is 0 Å². The van der Waals surface area contributed by atoms with E-state index in [1.54, 1.807) is 0 Å². The van der Waals surface area contributed by atoms with Crippen LogP contribution >= 0.6 is 0 Å². The molecule has 0 unspecified atom stereocenters. The summed E-state index contributed by atoms with van der Waals surface area (Å²) in [5.41, 5.74) is 2.14. The molecule has 0 spiro atoms. The molecular formula is C4H9NO2. The van der Waals surface area contributed by atoms with Crippen molar-refractivity contribution in [3.05, 3.63) is 0 Å². The van der Waals surface area contributed by atoms with Crippen LogP contribution in [0.4, 0.5) is 0 Å². The predicted molar refractivity (Wildman–Crippen MR) is 24.1 cm³/mol. The van der Waals surface area contributed by atoms with Crippen LogP contribution in [0.15, 0.2) is 0 Å². The molecule has 1 atom stereocenters. The van der Waals surface area contributed by atoms with Gasteiger partial charge in [0.15, 0.2) is 0 Å². The Kier molecular flexibility index (Phi) is 1.62. The van der Waals surface area contributed by atoms with E-state index in [1.165, 1.54) is 0 Å². The van der Waals surface area contributed by atoms with Gasteiger partial charge < -0.3 is 9.94 Å².